The fourth-order valence-corrected chi connectivity index (χ4v) is 1.66. The van der Waals surface area contributed by atoms with Gasteiger partial charge in [0.2, 0.25) is 5.91 Å². The Kier molecular flexibility index (Phi) is 2.92. The van der Waals surface area contributed by atoms with Crippen molar-refractivity contribution in [2.45, 2.75) is 33.1 Å². The topological polar surface area (TPSA) is 20.3 Å². The summed E-state index contributed by atoms with van der Waals surface area (Å²) in [7, 11) is 0. The average molecular weight is 155 g/mol. The fourth-order valence-electron chi connectivity index (χ4n) is 1.66. The zero-order chi connectivity index (χ0) is 8.27. The van der Waals surface area contributed by atoms with E-state index in [2.05, 4.69) is 6.92 Å². The smallest absolute Gasteiger partial charge is 0.219 e. The van der Waals surface area contributed by atoms with Crippen molar-refractivity contribution in [2.24, 2.45) is 5.92 Å². The fraction of sp³-hybridized carbons (Fsp3) is 0.889. The van der Waals surface area contributed by atoms with Gasteiger partial charge in [-0.2, -0.15) is 0 Å². The number of carbonyl (C=O) groups is 1. The van der Waals surface area contributed by atoms with Crippen LogP contribution in [0, 0.1) is 5.92 Å². The molecule has 2 nitrogen and oxygen atoms in total. The quantitative estimate of drug-likeness (QED) is 0.564. The minimum absolute atomic E-state index is 0.236. The molecule has 0 N–H and O–H groups in total. The van der Waals surface area contributed by atoms with Crippen LogP contribution in [-0.4, -0.2) is 23.9 Å². The first-order chi connectivity index (χ1) is 5.24. The molecule has 0 saturated carbocycles. The number of amides is 1. The van der Waals surface area contributed by atoms with Gasteiger partial charge in [0.1, 0.15) is 0 Å². The lowest BCUT2D eigenvalue weighted by atomic mass is 9.94. The summed E-state index contributed by atoms with van der Waals surface area (Å²) >= 11 is 0. The first kappa shape index (κ1) is 8.57. The lowest BCUT2D eigenvalue weighted by Crippen LogP contribution is -2.36. The molecule has 0 radical (unpaired) electrons. The number of nitrogens with zero attached hydrogens (tertiary/aromatic N) is 1. The van der Waals surface area contributed by atoms with E-state index < -0.39 is 0 Å². The predicted molar refractivity (Wildman–Crippen MR) is 45.3 cm³/mol. The molecule has 11 heavy (non-hydrogen) atoms. The van der Waals surface area contributed by atoms with E-state index in [1.54, 1.807) is 6.92 Å². The predicted octanol–water partition coefficient (Wildman–Crippen LogP) is 1.65. The summed E-state index contributed by atoms with van der Waals surface area (Å²) < 4.78 is 0. The molecule has 0 spiro atoms. The normalized spacial score (nSPS) is 20.4. The Hall–Kier alpha value is -0.530. The Morgan fingerprint density at radius 1 is 1.45 bits per heavy atom. The van der Waals surface area contributed by atoms with E-state index in [4.69, 9.17) is 0 Å². The summed E-state index contributed by atoms with van der Waals surface area (Å²) in [6.07, 6.45) is 3.68. The van der Waals surface area contributed by atoms with Gasteiger partial charge in [-0.25, -0.2) is 0 Å². The Bertz CT molecular complexity index is 136. The van der Waals surface area contributed by atoms with E-state index in [1.165, 1.54) is 19.3 Å². The van der Waals surface area contributed by atoms with Crippen LogP contribution in [0.3, 0.4) is 0 Å². The third-order valence-electron chi connectivity index (χ3n) is 2.64. The van der Waals surface area contributed by atoms with Crippen LogP contribution >= 0.6 is 0 Å². The maximum absolute atomic E-state index is 10.9. The van der Waals surface area contributed by atoms with E-state index in [9.17, 15) is 4.79 Å². The summed E-state index contributed by atoms with van der Waals surface area (Å²) in [5, 5.41) is 0. The molecule has 1 heterocycles. The molecular weight excluding hydrogens is 138 g/mol. The van der Waals surface area contributed by atoms with Gasteiger partial charge in [-0.3, -0.25) is 4.79 Å². The largest absolute Gasteiger partial charge is 0.343 e. The van der Waals surface area contributed by atoms with E-state index in [0.717, 1.165) is 19.0 Å². The molecule has 0 aliphatic carbocycles. The molecule has 0 aromatic heterocycles. The molecule has 0 atom stereocenters. The molecule has 1 saturated heterocycles. The number of hydrogen-bond acceptors (Lipinski definition) is 1. The summed E-state index contributed by atoms with van der Waals surface area (Å²) in [6.45, 7) is 5.85. The molecule has 1 amide bonds. The van der Waals surface area contributed by atoms with Crippen molar-refractivity contribution in [2.75, 3.05) is 13.1 Å². The Morgan fingerprint density at radius 2 is 2.00 bits per heavy atom. The number of carbonyl (C=O) groups excluding carboxylic acids is 1. The van der Waals surface area contributed by atoms with Crippen molar-refractivity contribution < 1.29 is 4.79 Å². The Balaban J connectivity index is 2.30. The SMILES string of the molecule is CCC1CCN(C(C)=O)CC1. The van der Waals surface area contributed by atoms with Gasteiger partial charge in [-0.1, -0.05) is 13.3 Å². The lowest BCUT2D eigenvalue weighted by molar-refractivity contribution is -0.130. The third-order valence-corrected chi connectivity index (χ3v) is 2.64. The van der Waals surface area contributed by atoms with Crippen LogP contribution in [0.2, 0.25) is 0 Å². The van der Waals surface area contributed by atoms with Gasteiger partial charge in [-0.05, 0) is 18.8 Å². The van der Waals surface area contributed by atoms with Gasteiger partial charge < -0.3 is 4.90 Å². The highest BCUT2D eigenvalue weighted by atomic mass is 16.2. The highest BCUT2D eigenvalue weighted by Gasteiger charge is 2.18. The standard InChI is InChI=1S/C9H17NO/c1-3-9-4-6-10(7-5-9)8(2)11/h9H,3-7H2,1-2H3. The second-order valence-corrected chi connectivity index (χ2v) is 3.36. The highest BCUT2D eigenvalue weighted by Crippen LogP contribution is 2.19. The van der Waals surface area contributed by atoms with E-state index in [-0.39, 0.29) is 5.91 Å². The minimum atomic E-state index is 0.236. The zero-order valence-corrected chi connectivity index (χ0v) is 7.47. The second-order valence-electron chi connectivity index (χ2n) is 3.36. The molecule has 64 valence electrons. The molecule has 2 heteroatoms. The Labute approximate surface area is 68.6 Å². The molecule has 1 aliphatic rings. The van der Waals surface area contributed by atoms with Crippen molar-refractivity contribution in [3.05, 3.63) is 0 Å². The van der Waals surface area contributed by atoms with E-state index in [0.29, 0.717) is 0 Å². The molecule has 1 fully saturated rings. The second kappa shape index (κ2) is 3.74. The van der Waals surface area contributed by atoms with Crippen molar-refractivity contribution in [3.63, 3.8) is 0 Å². The lowest BCUT2D eigenvalue weighted by Gasteiger charge is -2.30. The molecule has 0 unspecified atom stereocenters. The summed E-state index contributed by atoms with van der Waals surface area (Å²) in [5.74, 6) is 1.10. The van der Waals surface area contributed by atoms with Crippen molar-refractivity contribution in [1.82, 2.24) is 4.90 Å². The van der Waals surface area contributed by atoms with Gasteiger partial charge in [0.25, 0.3) is 0 Å². The third kappa shape index (κ3) is 2.21. The molecule has 0 aromatic carbocycles. The van der Waals surface area contributed by atoms with Crippen LogP contribution < -0.4 is 0 Å². The van der Waals surface area contributed by atoms with Crippen LogP contribution in [0.4, 0.5) is 0 Å². The monoisotopic (exact) mass is 155 g/mol. The van der Waals surface area contributed by atoms with Crippen LogP contribution in [0.15, 0.2) is 0 Å². The molecular formula is C9H17NO. The number of rotatable bonds is 1. The molecule has 1 aliphatic heterocycles. The summed E-state index contributed by atoms with van der Waals surface area (Å²) in [6, 6.07) is 0. The maximum Gasteiger partial charge on any atom is 0.219 e. The first-order valence-electron chi connectivity index (χ1n) is 4.49. The zero-order valence-electron chi connectivity index (χ0n) is 7.47. The van der Waals surface area contributed by atoms with Gasteiger partial charge in [-0.15, -0.1) is 0 Å². The van der Waals surface area contributed by atoms with Crippen LogP contribution in [-0.2, 0) is 4.79 Å². The van der Waals surface area contributed by atoms with E-state index in [1.807, 2.05) is 4.90 Å². The van der Waals surface area contributed by atoms with Gasteiger partial charge in [0, 0.05) is 20.0 Å². The van der Waals surface area contributed by atoms with Crippen LogP contribution in [0.5, 0.6) is 0 Å². The Morgan fingerprint density at radius 3 is 2.36 bits per heavy atom. The molecule has 0 aromatic rings. The van der Waals surface area contributed by atoms with Crippen molar-refractivity contribution in [3.8, 4) is 0 Å². The van der Waals surface area contributed by atoms with Gasteiger partial charge >= 0.3 is 0 Å². The van der Waals surface area contributed by atoms with Crippen LogP contribution in [0.1, 0.15) is 33.1 Å². The van der Waals surface area contributed by atoms with Gasteiger partial charge in [0.05, 0.1) is 0 Å². The van der Waals surface area contributed by atoms with Gasteiger partial charge in [0.15, 0.2) is 0 Å². The minimum Gasteiger partial charge on any atom is -0.343 e. The molecule has 1 rings (SSSR count). The summed E-state index contributed by atoms with van der Waals surface area (Å²) in [5.41, 5.74) is 0. The highest BCUT2D eigenvalue weighted by molar-refractivity contribution is 5.73. The number of hydrogen-bond donors (Lipinski definition) is 0. The van der Waals surface area contributed by atoms with Crippen LogP contribution in [0.25, 0.3) is 0 Å². The van der Waals surface area contributed by atoms with E-state index >= 15 is 0 Å². The number of piperidine rings is 1. The number of likely N-dealkylation sites (tertiary alicyclic amines) is 1. The first-order valence-corrected chi connectivity index (χ1v) is 4.49. The average Bonchev–Trinajstić information content (AvgIpc) is 2.05. The maximum atomic E-state index is 10.9. The van der Waals surface area contributed by atoms with Crippen molar-refractivity contribution in [1.29, 1.82) is 0 Å². The van der Waals surface area contributed by atoms with Crippen molar-refractivity contribution >= 4 is 5.91 Å². The molecule has 0 bridgehead atoms. The summed E-state index contributed by atoms with van der Waals surface area (Å²) in [4.78, 5) is 12.9.